The van der Waals surface area contributed by atoms with Crippen molar-refractivity contribution in [2.45, 2.75) is 84.9 Å². The first-order chi connectivity index (χ1) is 10.8. The number of amides is 2. The number of ether oxygens (including phenoxy) is 1. The summed E-state index contributed by atoms with van der Waals surface area (Å²) in [7, 11) is 1.65. The third-order valence-corrected chi connectivity index (χ3v) is 4.24. The second-order valence-corrected chi connectivity index (χ2v) is 7.71. The predicted molar refractivity (Wildman–Crippen MR) is 94.7 cm³/mol. The largest absolute Gasteiger partial charge is 0.375 e. The molecule has 0 saturated heterocycles. The van der Waals surface area contributed by atoms with Gasteiger partial charge in [0.2, 0.25) is 11.8 Å². The van der Waals surface area contributed by atoms with E-state index in [-0.39, 0.29) is 23.1 Å². The van der Waals surface area contributed by atoms with Gasteiger partial charge in [-0.15, -0.1) is 0 Å². The van der Waals surface area contributed by atoms with Gasteiger partial charge < -0.3 is 15.0 Å². The van der Waals surface area contributed by atoms with E-state index in [9.17, 15) is 14.4 Å². The molecule has 0 aromatic rings. The van der Waals surface area contributed by atoms with Crippen LogP contribution in [0.15, 0.2) is 0 Å². The van der Waals surface area contributed by atoms with Gasteiger partial charge in [0.1, 0.15) is 0 Å². The molecule has 0 rings (SSSR count). The summed E-state index contributed by atoms with van der Waals surface area (Å²) in [5.74, 6) is -0.151. The lowest BCUT2D eigenvalue weighted by Gasteiger charge is -2.30. The number of likely N-dealkylation sites (N-methyl/N-ethyl adjacent to an activating group) is 1. The number of hydrogen-bond donors (Lipinski definition) is 1. The molecule has 0 unspecified atom stereocenters. The number of nitrogens with one attached hydrogen (secondary N) is 1. The average molecular weight is 342 g/mol. The maximum atomic E-state index is 12.2. The Morgan fingerprint density at radius 3 is 2.08 bits per heavy atom. The van der Waals surface area contributed by atoms with Gasteiger partial charge in [-0.05, 0) is 54.4 Å². The number of rotatable bonds is 10. The lowest BCUT2D eigenvalue weighted by Crippen LogP contribution is -2.43. The minimum Gasteiger partial charge on any atom is -0.375 e. The van der Waals surface area contributed by atoms with E-state index in [1.807, 2.05) is 27.7 Å². The van der Waals surface area contributed by atoms with Gasteiger partial charge in [-0.1, -0.05) is 0 Å². The predicted octanol–water partition coefficient (Wildman–Crippen LogP) is 2.30. The molecule has 140 valence electrons. The highest BCUT2D eigenvalue weighted by Gasteiger charge is 2.25. The summed E-state index contributed by atoms with van der Waals surface area (Å²) >= 11 is 0. The highest BCUT2D eigenvalue weighted by molar-refractivity contribution is 5.87. The fourth-order valence-corrected chi connectivity index (χ4v) is 2.27. The van der Waals surface area contributed by atoms with Gasteiger partial charge >= 0.3 is 0 Å². The number of carbonyl (C=O) groups is 3. The summed E-state index contributed by atoms with van der Waals surface area (Å²) in [6.07, 6.45) is 1.59. The van der Waals surface area contributed by atoms with Crippen LogP contribution in [0.2, 0.25) is 0 Å². The third kappa shape index (κ3) is 9.01. The molecule has 0 fully saturated rings. The van der Waals surface area contributed by atoms with Crippen LogP contribution >= 0.6 is 0 Å². The number of nitrogens with zero attached hydrogens (tertiary/aromatic N) is 1. The topological polar surface area (TPSA) is 75.7 Å². The zero-order valence-electron chi connectivity index (χ0n) is 16.5. The van der Waals surface area contributed by atoms with Crippen molar-refractivity contribution in [3.05, 3.63) is 0 Å². The molecule has 24 heavy (non-hydrogen) atoms. The van der Waals surface area contributed by atoms with Crippen molar-refractivity contribution in [1.82, 2.24) is 10.2 Å². The van der Waals surface area contributed by atoms with E-state index in [0.29, 0.717) is 25.9 Å². The number of ketones is 1. The van der Waals surface area contributed by atoms with E-state index in [0.717, 1.165) is 0 Å². The zero-order chi connectivity index (χ0) is 19.1. The minimum absolute atomic E-state index is 0.0263. The first-order valence-corrected chi connectivity index (χ1v) is 8.46. The van der Waals surface area contributed by atoms with Crippen LogP contribution in [0.3, 0.4) is 0 Å². The van der Waals surface area contributed by atoms with Gasteiger partial charge in [0.05, 0.1) is 11.6 Å². The third-order valence-electron chi connectivity index (χ3n) is 4.24. The zero-order valence-corrected chi connectivity index (χ0v) is 16.5. The van der Waals surface area contributed by atoms with E-state index in [4.69, 9.17) is 4.74 Å². The molecule has 0 heterocycles. The summed E-state index contributed by atoms with van der Waals surface area (Å²) < 4.78 is 5.90. The summed E-state index contributed by atoms with van der Waals surface area (Å²) in [5, 5.41) is 2.88. The van der Waals surface area contributed by atoms with Gasteiger partial charge in [-0.25, -0.2) is 0 Å². The lowest BCUT2D eigenvalue weighted by molar-refractivity contribution is -0.138. The highest BCUT2D eigenvalue weighted by atomic mass is 16.5. The van der Waals surface area contributed by atoms with Crippen molar-refractivity contribution in [3.8, 4) is 0 Å². The number of carbonyl (C=O) groups excluding carboxylic acids is 3. The summed E-state index contributed by atoms with van der Waals surface area (Å²) in [4.78, 5) is 36.1. The van der Waals surface area contributed by atoms with E-state index < -0.39 is 11.6 Å². The van der Waals surface area contributed by atoms with Crippen molar-refractivity contribution in [2.75, 3.05) is 13.7 Å². The molecule has 0 radical (unpaired) electrons. The Morgan fingerprint density at radius 1 is 1.08 bits per heavy atom. The molecule has 6 heteroatoms. The number of Topliss-reactive ketones (excluding diaryl/α,β-unsaturated/α-hetero) is 1. The molecular weight excluding hydrogens is 308 g/mol. The molecule has 0 saturated carbocycles. The fourth-order valence-electron chi connectivity index (χ4n) is 2.27. The van der Waals surface area contributed by atoms with Crippen molar-refractivity contribution >= 4 is 17.6 Å². The van der Waals surface area contributed by atoms with Crippen LogP contribution in [-0.2, 0) is 19.1 Å². The van der Waals surface area contributed by atoms with Crippen LogP contribution in [0, 0.1) is 0 Å². The van der Waals surface area contributed by atoms with Crippen LogP contribution < -0.4 is 5.32 Å². The quantitative estimate of drug-likeness (QED) is 0.661. The molecule has 0 spiro atoms. The van der Waals surface area contributed by atoms with Crippen molar-refractivity contribution < 1.29 is 19.1 Å². The van der Waals surface area contributed by atoms with E-state index >= 15 is 0 Å². The summed E-state index contributed by atoms with van der Waals surface area (Å²) in [5.41, 5.74) is -0.767. The SMILES string of the molecule is CC(=O)NC(C)(C)CCOC(C)(C)CCC(=O)N(C)[C@H](C)C(C)=O. The van der Waals surface area contributed by atoms with Crippen molar-refractivity contribution in [1.29, 1.82) is 0 Å². The van der Waals surface area contributed by atoms with Gasteiger partial charge in [0.15, 0.2) is 5.78 Å². The molecule has 2 amide bonds. The van der Waals surface area contributed by atoms with Crippen molar-refractivity contribution in [2.24, 2.45) is 0 Å². The van der Waals surface area contributed by atoms with Crippen molar-refractivity contribution in [3.63, 3.8) is 0 Å². The Kier molecular flexibility index (Phi) is 8.61. The highest BCUT2D eigenvalue weighted by Crippen LogP contribution is 2.20. The molecule has 0 aliphatic carbocycles. The lowest BCUT2D eigenvalue weighted by atomic mass is 9.99. The van der Waals surface area contributed by atoms with Crippen LogP contribution in [0.25, 0.3) is 0 Å². The second-order valence-electron chi connectivity index (χ2n) is 7.71. The molecule has 0 aliphatic rings. The van der Waals surface area contributed by atoms with Gasteiger partial charge in [0, 0.05) is 32.5 Å². The average Bonchev–Trinajstić information content (AvgIpc) is 2.41. The number of hydrogen-bond acceptors (Lipinski definition) is 4. The van der Waals surface area contributed by atoms with Crippen LogP contribution in [0.1, 0.15) is 67.7 Å². The molecule has 0 aromatic heterocycles. The van der Waals surface area contributed by atoms with Crippen LogP contribution in [0.5, 0.6) is 0 Å². The first-order valence-electron chi connectivity index (χ1n) is 8.46. The molecule has 0 aliphatic heterocycles. The van der Waals surface area contributed by atoms with Gasteiger partial charge in [0.25, 0.3) is 0 Å². The monoisotopic (exact) mass is 342 g/mol. The Hall–Kier alpha value is -1.43. The Bertz CT molecular complexity index is 458. The van der Waals surface area contributed by atoms with Gasteiger partial charge in [-0.3, -0.25) is 14.4 Å². The normalized spacial score (nSPS) is 13.3. The smallest absolute Gasteiger partial charge is 0.223 e. The standard InChI is InChI=1S/C18H34N2O4/c1-13(14(2)21)20(8)16(23)9-10-18(6,7)24-12-11-17(4,5)19-15(3)22/h13H,9-12H2,1-8H3,(H,19,22)/t13-/m1/s1. The minimum atomic E-state index is -0.442. The second kappa shape index (κ2) is 9.16. The van der Waals surface area contributed by atoms with Gasteiger partial charge in [-0.2, -0.15) is 0 Å². The molecule has 1 atom stereocenters. The summed E-state index contributed by atoms with van der Waals surface area (Å²) in [6.45, 7) is 13.0. The van der Waals surface area contributed by atoms with Crippen LogP contribution in [0.4, 0.5) is 0 Å². The first kappa shape index (κ1) is 22.6. The Labute approximate surface area is 146 Å². The maximum absolute atomic E-state index is 12.2. The fraction of sp³-hybridized carbons (Fsp3) is 0.833. The van der Waals surface area contributed by atoms with Crippen LogP contribution in [-0.4, -0.2) is 53.3 Å². The molecule has 0 aromatic carbocycles. The molecular formula is C18H34N2O4. The van der Waals surface area contributed by atoms with E-state index in [1.54, 1.807) is 14.0 Å². The molecule has 1 N–H and O–H groups in total. The Balaban J connectivity index is 4.33. The molecule has 0 bridgehead atoms. The molecule has 6 nitrogen and oxygen atoms in total. The summed E-state index contributed by atoms with van der Waals surface area (Å²) in [6, 6.07) is -0.403. The maximum Gasteiger partial charge on any atom is 0.223 e. The van der Waals surface area contributed by atoms with E-state index in [2.05, 4.69) is 5.32 Å². The Morgan fingerprint density at radius 2 is 1.62 bits per heavy atom. The van der Waals surface area contributed by atoms with E-state index in [1.165, 1.54) is 18.7 Å².